The summed E-state index contributed by atoms with van der Waals surface area (Å²) in [7, 11) is 4.07. The molecular weight excluding hydrogens is 431 g/mol. The van der Waals surface area contributed by atoms with Crippen molar-refractivity contribution in [3.05, 3.63) is 72.6 Å². The smallest absolute Gasteiger partial charge is 0.161 e. The number of β-amino-alcohol motifs (C(OH)–C–C–N with tert-alkyl or cyclic N) is 1. The number of hydrogen-bond donors (Lipinski definition) is 1. The molecule has 8 heteroatoms. The van der Waals surface area contributed by atoms with Gasteiger partial charge in [-0.05, 0) is 50.0 Å². The van der Waals surface area contributed by atoms with Crippen LogP contribution in [0.5, 0.6) is 0 Å². The van der Waals surface area contributed by atoms with E-state index >= 15 is 0 Å². The zero-order chi connectivity index (χ0) is 23.4. The van der Waals surface area contributed by atoms with E-state index in [4.69, 9.17) is 4.98 Å². The maximum Gasteiger partial charge on any atom is 0.161 e. The first-order valence-electron chi connectivity index (χ1n) is 11.5. The number of rotatable bonds is 4. The van der Waals surface area contributed by atoms with Crippen molar-refractivity contribution in [2.45, 2.75) is 12.6 Å². The van der Waals surface area contributed by atoms with E-state index in [0.717, 1.165) is 52.9 Å². The Kier molecular flexibility index (Phi) is 5.00. The van der Waals surface area contributed by atoms with Gasteiger partial charge in [0, 0.05) is 49.7 Å². The van der Waals surface area contributed by atoms with Crippen LogP contribution in [0.2, 0.25) is 0 Å². The Morgan fingerprint density at radius 3 is 2.71 bits per heavy atom. The quantitative estimate of drug-likeness (QED) is 0.448. The van der Waals surface area contributed by atoms with Crippen LogP contribution in [0.4, 0.5) is 10.2 Å². The van der Waals surface area contributed by atoms with E-state index in [9.17, 15) is 9.50 Å². The predicted molar refractivity (Wildman–Crippen MR) is 130 cm³/mol. The first kappa shape index (κ1) is 21.1. The lowest BCUT2D eigenvalue weighted by molar-refractivity contribution is 0.130. The highest BCUT2D eigenvalue weighted by Crippen LogP contribution is 2.34. The van der Waals surface area contributed by atoms with E-state index in [1.807, 2.05) is 26.4 Å². The fraction of sp³-hybridized carbons (Fsp3) is 0.308. The number of aromatic nitrogens is 4. The summed E-state index contributed by atoms with van der Waals surface area (Å²) >= 11 is 0. The van der Waals surface area contributed by atoms with E-state index < -0.39 is 0 Å². The Labute approximate surface area is 197 Å². The molecule has 5 heterocycles. The van der Waals surface area contributed by atoms with Gasteiger partial charge in [-0.15, -0.1) is 0 Å². The van der Waals surface area contributed by atoms with Gasteiger partial charge in [-0.3, -0.25) is 4.57 Å². The molecule has 0 bridgehead atoms. The zero-order valence-corrected chi connectivity index (χ0v) is 19.3. The molecule has 0 amide bonds. The zero-order valence-electron chi connectivity index (χ0n) is 19.3. The minimum atomic E-state index is -0.363. The molecule has 2 atom stereocenters. The lowest BCUT2D eigenvalue weighted by Gasteiger charge is -2.20. The molecular formula is C26H27FN6O. The van der Waals surface area contributed by atoms with E-state index in [1.165, 1.54) is 12.1 Å². The molecule has 0 radical (unpaired) electrons. The predicted octanol–water partition coefficient (Wildman–Crippen LogP) is 3.26. The van der Waals surface area contributed by atoms with Crippen molar-refractivity contribution in [3.63, 3.8) is 0 Å². The third-order valence-electron chi connectivity index (χ3n) is 6.79. The molecule has 4 aromatic rings. The number of hydrogen-bond acceptors (Lipinski definition) is 5. The van der Waals surface area contributed by atoms with Crippen molar-refractivity contribution in [1.29, 1.82) is 0 Å². The number of aliphatic hydroxyl groups is 1. The Morgan fingerprint density at radius 2 is 1.91 bits per heavy atom. The monoisotopic (exact) mass is 458 g/mol. The normalized spacial score (nSPS) is 19.1. The minimum absolute atomic E-state index is 0.199. The number of aliphatic hydroxyl groups excluding tert-OH is 1. The van der Waals surface area contributed by atoms with Crippen LogP contribution in [0.3, 0.4) is 0 Å². The first-order valence-corrected chi connectivity index (χ1v) is 11.5. The van der Waals surface area contributed by atoms with Crippen LogP contribution >= 0.6 is 0 Å². The Bertz CT molecular complexity index is 1340. The van der Waals surface area contributed by atoms with Crippen molar-refractivity contribution in [2.24, 2.45) is 5.92 Å². The summed E-state index contributed by atoms with van der Waals surface area (Å²) in [5.74, 6) is 1.69. The van der Waals surface area contributed by atoms with Gasteiger partial charge in [-0.25, -0.2) is 14.4 Å². The van der Waals surface area contributed by atoms with Crippen LogP contribution in [-0.2, 0) is 6.54 Å². The molecule has 2 aliphatic heterocycles. The molecule has 7 nitrogen and oxygen atoms in total. The standard InChI is InChI=1S/C26H27FN6O/c1-30(2)12-19-14-32(16-24(19)34)25-8-7-22-21(29-25)15-31-13-18(17-3-5-20(27)6-4-17)11-23(31)26-28-9-10-33(22)26/h3-11,13,19,24,34H,12,14-16H2,1-2H3/t19-,24+/m0/s1. The lowest BCUT2D eigenvalue weighted by atomic mass is 10.1. The molecule has 34 heavy (non-hydrogen) atoms. The van der Waals surface area contributed by atoms with Crippen molar-refractivity contribution in [3.8, 4) is 28.3 Å². The number of fused-ring (bicyclic) bond motifs is 5. The molecule has 2 aliphatic rings. The van der Waals surface area contributed by atoms with Gasteiger partial charge in [0.25, 0.3) is 0 Å². The average Bonchev–Trinajstić information content (AvgIpc) is 3.52. The lowest BCUT2D eigenvalue weighted by Crippen LogP contribution is -2.29. The number of pyridine rings is 1. The topological polar surface area (TPSA) is 62.3 Å². The van der Waals surface area contributed by atoms with Gasteiger partial charge >= 0.3 is 0 Å². The second-order valence-corrected chi connectivity index (χ2v) is 9.50. The summed E-state index contributed by atoms with van der Waals surface area (Å²) in [5.41, 5.74) is 4.92. The van der Waals surface area contributed by atoms with Crippen LogP contribution in [0.15, 0.2) is 61.1 Å². The summed E-state index contributed by atoms with van der Waals surface area (Å²) in [6.07, 6.45) is 5.48. The number of anilines is 1. The molecule has 0 aliphatic carbocycles. The van der Waals surface area contributed by atoms with Crippen LogP contribution in [-0.4, -0.2) is 68.9 Å². The largest absolute Gasteiger partial charge is 0.391 e. The number of nitrogens with zero attached hydrogens (tertiary/aromatic N) is 6. The van der Waals surface area contributed by atoms with Crippen LogP contribution in [0, 0.1) is 11.7 Å². The third-order valence-corrected chi connectivity index (χ3v) is 6.79. The summed E-state index contributed by atoms with van der Waals surface area (Å²) in [5, 5.41) is 10.6. The Hall–Kier alpha value is -3.49. The molecule has 1 N–H and O–H groups in total. The van der Waals surface area contributed by atoms with Crippen LogP contribution < -0.4 is 4.90 Å². The highest BCUT2D eigenvalue weighted by Gasteiger charge is 2.33. The van der Waals surface area contributed by atoms with Gasteiger partial charge in [-0.1, -0.05) is 12.1 Å². The first-order chi connectivity index (χ1) is 16.5. The average molecular weight is 459 g/mol. The van der Waals surface area contributed by atoms with Gasteiger partial charge in [0.2, 0.25) is 0 Å². The molecule has 1 aromatic carbocycles. The SMILES string of the molecule is CN(C)C[C@H]1CN(c2ccc3c(n2)Cn2cc(-c4ccc(F)cc4)cc2-c2nccn2-3)C[C@H]1O. The molecule has 0 unspecified atom stereocenters. The minimum Gasteiger partial charge on any atom is -0.391 e. The van der Waals surface area contributed by atoms with Gasteiger partial charge < -0.3 is 19.5 Å². The summed E-state index contributed by atoms with van der Waals surface area (Å²) in [6, 6.07) is 12.8. The van der Waals surface area contributed by atoms with Crippen molar-refractivity contribution < 1.29 is 9.50 Å². The van der Waals surface area contributed by atoms with Gasteiger partial charge in [0.05, 0.1) is 29.7 Å². The number of benzene rings is 1. The van der Waals surface area contributed by atoms with Crippen LogP contribution in [0.25, 0.3) is 28.3 Å². The molecule has 3 aromatic heterocycles. The molecule has 1 saturated heterocycles. The summed E-state index contributed by atoms with van der Waals surface area (Å²) in [4.78, 5) is 14.0. The second-order valence-electron chi connectivity index (χ2n) is 9.50. The number of halogens is 1. The molecule has 1 fully saturated rings. The van der Waals surface area contributed by atoms with Gasteiger partial charge in [0.15, 0.2) is 5.82 Å². The van der Waals surface area contributed by atoms with E-state index in [2.05, 4.69) is 42.2 Å². The van der Waals surface area contributed by atoms with E-state index in [0.29, 0.717) is 13.1 Å². The maximum absolute atomic E-state index is 13.4. The molecule has 0 saturated carbocycles. The number of imidazole rings is 1. The fourth-order valence-corrected chi connectivity index (χ4v) is 5.16. The Balaban J connectivity index is 1.37. The fourth-order valence-electron chi connectivity index (χ4n) is 5.16. The maximum atomic E-state index is 13.4. The van der Waals surface area contributed by atoms with Crippen molar-refractivity contribution in [2.75, 3.05) is 38.6 Å². The summed E-state index contributed by atoms with van der Waals surface area (Å²) < 4.78 is 17.7. The molecule has 174 valence electrons. The summed E-state index contributed by atoms with van der Waals surface area (Å²) in [6.45, 7) is 2.82. The van der Waals surface area contributed by atoms with E-state index in [1.54, 1.807) is 18.3 Å². The van der Waals surface area contributed by atoms with Crippen molar-refractivity contribution in [1.82, 2.24) is 24.0 Å². The third kappa shape index (κ3) is 3.59. The molecule has 6 rings (SSSR count). The highest BCUT2D eigenvalue weighted by molar-refractivity contribution is 5.71. The highest BCUT2D eigenvalue weighted by atomic mass is 19.1. The second kappa shape index (κ2) is 8.07. The van der Waals surface area contributed by atoms with Crippen LogP contribution in [0.1, 0.15) is 5.69 Å². The van der Waals surface area contributed by atoms with Crippen molar-refractivity contribution >= 4 is 5.82 Å². The Morgan fingerprint density at radius 1 is 1.09 bits per heavy atom. The van der Waals surface area contributed by atoms with Gasteiger partial charge in [0.1, 0.15) is 11.6 Å². The van der Waals surface area contributed by atoms with E-state index in [-0.39, 0.29) is 17.8 Å². The van der Waals surface area contributed by atoms with Gasteiger partial charge in [-0.2, -0.15) is 0 Å². The molecule has 0 spiro atoms.